The molecule has 1 amide bonds. The molecule has 0 aromatic heterocycles. The lowest BCUT2D eigenvalue weighted by Gasteiger charge is -2.28. The summed E-state index contributed by atoms with van der Waals surface area (Å²) >= 11 is 0. The number of aliphatic hydroxyl groups is 1. The number of hydrogen-bond donors (Lipinski definition) is 2. The molecule has 0 saturated heterocycles. The van der Waals surface area contributed by atoms with Crippen molar-refractivity contribution in [2.24, 2.45) is 11.7 Å². The molecule has 4 nitrogen and oxygen atoms in total. The van der Waals surface area contributed by atoms with Gasteiger partial charge in [0.05, 0.1) is 11.6 Å². The van der Waals surface area contributed by atoms with Gasteiger partial charge in [0, 0.05) is 13.6 Å². The van der Waals surface area contributed by atoms with Gasteiger partial charge in [-0.3, -0.25) is 4.79 Å². The standard InChI is InChI=1S/C10H22N2O2/c1-7(2)8(11)9(13)12(5)6-10(3,4)14/h7-8,14H,6,11H2,1-5H3/t8-/m0/s1. The maximum absolute atomic E-state index is 11.7. The van der Waals surface area contributed by atoms with Crippen LogP contribution in [0.25, 0.3) is 0 Å². The van der Waals surface area contributed by atoms with E-state index in [1.807, 2.05) is 13.8 Å². The molecule has 84 valence electrons. The van der Waals surface area contributed by atoms with Crippen molar-refractivity contribution < 1.29 is 9.90 Å². The second-order valence-electron chi connectivity index (χ2n) is 4.78. The summed E-state index contributed by atoms with van der Waals surface area (Å²) in [5.74, 6) is -0.00567. The minimum Gasteiger partial charge on any atom is -0.389 e. The van der Waals surface area contributed by atoms with Crippen LogP contribution in [0, 0.1) is 5.92 Å². The van der Waals surface area contributed by atoms with Crippen LogP contribution >= 0.6 is 0 Å². The van der Waals surface area contributed by atoms with Gasteiger partial charge in [-0.15, -0.1) is 0 Å². The third-order valence-electron chi connectivity index (χ3n) is 2.00. The first-order valence-electron chi connectivity index (χ1n) is 4.88. The van der Waals surface area contributed by atoms with Crippen molar-refractivity contribution in [3.05, 3.63) is 0 Å². The molecule has 1 atom stereocenters. The molecule has 0 fully saturated rings. The quantitative estimate of drug-likeness (QED) is 0.684. The van der Waals surface area contributed by atoms with Crippen molar-refractivity contribution in [3.63, 3.8) is 0 Å². The fourth-order valence-corrected chi connectivity index (χ4v) is 1.20. The zero-order chi connectivity index (χ0) is 11.5. The van der Waals surface area contributed by atoms with E-state index in [-0.39, 0.29) is 11.8 Å². The van der Waals surface area contributed by atoms with Crippen LogP contribution in [0.2, 0.25) is 0 Å². The third kappa shape index (κ3) is 4.58. The van der Waals surface area contributed by atoms with Crippen LogP contribution in [0.15, 0.2) is 0 Å². The third-order valence-corrected chi connectivity index (χ3v) is 2.00. The van der Waals surface area contributed by atoms with Crippen molar-refractivity contribution in [2.75, 3.05) is 13.6 Å². The second-order valence-corrected chi connectivity index (χ2v) is 4.78. The molecule has 14 heavy (non-hydrogen) atoms. The SMILES string of the molecule is CC(C)[C@H](N)C(=O)N(C)CC(C)(C)O. The zero-order valence-electron chi connectivity index (χ0n) is 9.74. The smallest absolute Gasteiger partial charge is 0.239 e. The molecular weight excluding hydrogens is 180 g/mol. The summed E-state index contributed by atoms with van der Waals surface area (Å²) in [4.78, 5) is 13.1. The molecule has 0 aromatic rings. The van der Waals surface area contributed by atoms with E-state index in [1.54, 1.807) is 20.9 Å². The predicted molar refractivity (Wildman–Crippen MR) is 56.7 cm³/mol. The summed E-state index contributed by atoms with van der Waals surface area (Å²) < 4.78 is 0. The van der Waals surface area contributed by atoms with E-state index in [2.05, 4.69) is 0 Å². The van der Waals surface area contributed by atoms with Gasteiger partial charge in [0.2, 0.25) is 5.91 Å². The molecule has 3 N–H and O–H groups in total. The van der Waals surface area contributed by atoms with Crippen molar-refractivity contribution in [1.29, 1.82) is 0 Å². The maximum Gasteiger partial charge on any atom is 0.239 e. The number of likely N-dealkylation sites (N-methyl/N-ethyl adjacent to an activating group) is 1. The molecule has 0 heterocycles. The summed E-state index contributed by atoms with van der Waals surface area (Å²) in [6.07, 6.45) is 0. The Hall–Kier alpha value is -0.610. The Morgan fingerprint density at radius 1 is 1.50 bits per heavy atom. The van der Waals surface area contributed by atoms with Gasteiger partial charge in [-0.25, -0.2) is 0 Å². The second kappa shape index (κ2) is 4.75. The predicted octanol–water partition coefficient (Wildman–Crippen LogP) is 0.199. The summed E-state index contributed by atoms with van der Waals surface area (Å²) in [5, 5.41) is 9.52. The average Bonchev–Trinajstić information content (AvgIpc) is 1.98. The van der Waals surface area contributed by atoms with Crippen LogP contribution in [-0.2, 0) is 4.79 Å². The lowest BCUT2D eigenvalue weighted by molar-refractivity contribution is -0.134. The number of carbonyl (C=O) groups is 1. The van der Waals surface area contributed by atoms with E-state index in [9.17, 15) is 9.90 Å². The highest BCUT2D eigenvalue weighted by molar-refractivity contribution is 5.81. The minimum absolute atomic E-state index is 0.117. The number of rotatable bonds is 4. The lowest BCUT2D eigenvalue weighted by Crippen LogP contribution is -2.49. The highest BCUT2D eigenvalue weighted by Crippen LogP contribution is 2.07. The number of nitrogens with zero attached hydrogens (tertiary/aromatic N) is 1. The summed E-state index contributed by atoms with van der Waals surface area (Å²) in [7, 11) is 1.66. The highest BCUT2D eigenvalue weighted by atomic mass is 16.3. The van der Waals surface area contributed by atoms with Crippen molar-refractivity contribution in [2.45, 2.75) is 39.3 Å². The Morgan fingerprint density at radius 2 is 1.93 bits per heavy atom. The normalized spacial score (nSPS) is 14.3. The Balaban J connectivity index is 4.26. The largest absolute Gasteiger partial charge is 0.389 e. The first kappa shape index (κ1) is 13.4. The molecule has 0 saturated carbocycles. The van der Waals surface area contributed by atoms with Gasteiger partial charge >= 0.3 is 0 Å². The Labute approximate surface area is 86.1 Å². The monoisotopic (exact) mass is 202 g/mol. The first-order chi connectivity index (χ1) is 6.15. The van der Waals surface area contributed by atoms with E-state index < -0.39 is 11.6 Å². The summed E-state index contributed by atoms with van der Waals surface area (Å²) in [6, 6.07) is -0.484. The van der Waals surface area contributed by atoms with Crippen LogP contribution < -0.4 is 5.73 Å². The summed E-state index contributed by atoms with van der Waals surface area (Å²) in [5.41, 5.74) is 4.83. The van der Waals surface area contributed by atoms with Crippen LogP contribution in [0.3, 0.4) is 0 Å². The fraction of sp³-hybridized carbons (Fsp3) is 0.900. The molecule has 0 aliphatic carbocycles. The molecule has 0 radical (unpaired) electrons. The number of hydrogen-bond acceptors (Lipinski definition) is 3. The number of amides is 1. The topological polar surface area (TPSA) is 66.6 Å². The van der Waals surface area contributed by atoms with Crippen molar-refractivity contribution >= 4 is 5.91 Å². The molecule has 0 bridgehead atoms. The average molecular weight is 202 g/mol. The molecule has 0 rings (SSSR count). The zero-order valence-corrected chi connectivity index (χ0v) is 9.74. The molecule has 0 aliphatic rings. The van der Waals surface area contributed by atoms with Gasteiger partial charge in [-0.1, -0.05) is 13.8 Å². The van der Waals surface area contributed by atoms with Gasteiger partial charge in [-0.2, -0.15) is 0 Å². The van der Waals surface area contributed by atoms with Crippen molar-refractivity contribution in [1.82, 2.24) is 4.90 Å². The molecular formula is C10H22N2O2. The number of carbonyl (C=O) groups excluding carboxylic acids is 1. The van der Waals surface area contributed by atoms with E-state index in [0.717, 1.165) is 0 Å². The van der Waals surface area contributed by atoms with E-state index >= 15 is 0 Å². The molecule has 4 heteroatoms. The fourth-order valence-electron chi connectivity index (χ4n) is 1.20. The van der Waals surface area contributed by atoms with Gasteiger partial charge in [0.25, 0.3) is 0 Å². The van der Waals surface area contributed by atoms with Gasteiger partial charge in [-0.05, 0) is 19.8 Å². The van der Waals surface area contributed by atoms with Crippen LogP contribution in [0.4, 0.5) is 0 Å². The van der Waals surface area contributed by atoms with Gasteiger partial charge < -0.3 is 15.7 Å². The molecule has 0 aromatic carbocycles. The summed E-state index contributed by atoms with van der Waals surface area (Å²) in [6.45, 7) is 7.43. The Morgan fingerprint density at radius 3 is 2.21 bits per heavy atom. The van der Waals surface area contributed by atoms with Crippen LogP contribution in [0.5, 0.6) is 0 Å². The first-order valence-corrected chi connectivity index (χ1v) is 4.88. The van der Waals surface area contributed by atoms with Crippen LogP contribution in [-0.4, -0.2) is 41.1 Å². The van der Waals surface area contributed by atoms with Gasteiger partial charge in [0.15, 0.2) is 0 Å². The lowest BCUT2D eigenvalue weighted by atomic mass is 10.0. The maximum atomic E-state index is 11.7. The van der Waals surface area contributed by atoms with E-state index in [0.29, 0.717) is 6.54 Å². The number of nitrogens with two attached hydrogens (primary N) is 1. The Kier molecular flexibility index (Phi) is 4.55. The highest BCUT2D eigenvalue weighted by Gasteiger charge is 2.24. The van der Waals surface area contributed by atoms with Gasteiger partial charge in [0.1, 0.15) is 0 Å². The minimum atomic E-state index is -0.874. The van der Waals surface area contributed by atoms with Crippen molar-refractivity contribution in [3.8, 4) is 0 Å². The van der Waals surface area contributed by atoms with E-state index in [4.69, 9.17) is 5.73 Å². The van der Waals surface area contributed by atoms with Crippen LogP contribution in [0.1, 0.15) is 27.7 Å². The molecule has 0 unspecified atom stereocenters. The Bertz CT molecular complexity index is 197. The van der Waals surface area contributed by atoms with E-state index in [1.165, 1.54) is 4.90 Å². The molecule has 0 aliphatic heterocycles. The molecule has 0 spiro atoms.